The van der Waals surface area contributed by atoms with Gasteiger partial charge in [-0.05, 0) is 5.56 Å². The van der Waals surface area contributed by atoms with Crippen LogP contribution in [0.4, 0.5) is 0 Å². The molecule has 0 aromatic heterocycles. The first-order valence-corrected chi connectivity index (χ1v) is 7.00. The molecule has 0 saturated carbocycles. The molecule has 1 aromatic carbocycles. The Morgan fingerprint density at radius 3 is 2.16 bits per heavy atom. The van der Waals surface area contributed by atoms with Gasteiger partial charge in [0.2, 0.25) is 0 Å². The van der Waals surface area contributed by atoms with Crippen LogP contribution in [0.1, 0.15) is 5.56 Å². The van der Waals surface area contributed by atoms with Gasteiger partial charge in [0.25, 0.3) is 5.52 Å². The molecular weight excluding hydrogens is 271 g/mol. The van der Waals surface area contributed by atoms with Crippen molar-refractivity contribution in [1.82, 2.24) is 0 Å². The van der Waals surface area contributed by atoms with Crippen LogP contribution >= 0.6 is 7.60 Å². The van der Waals surface area contributed by atoms with Gasteiger partial charge >= 0.3 is 7.60 Å². The molecule has 0 aliphatic heterocycles. The van der Waals surface area contributed by atoms with E-state index in [0.29, 0.717) is 5.56 Å². The number of rotatable bonds is 6. The lowest BCUT2D eigenvalue weighted by Crippen LogP contribution is -2.58. The van der Waals surface area contributed by atoms with Crippen LogP contribution in [-0.4, -0.2) is 33.2 Å². The zero-order chi connectivity index (χ0) is 14.7. The number of benzene rings is 1. The molecule has 8 heteroatoms. The van der Waals surface area contributed by atoms with Crippen molar-refractivity contribution in [3.8, 4) is 0 Å². The first-order chi connectivity index (χ1) is 8.71. The summed E-state index contributed by atoms with van der Waals surface area (Å²) < 4.78 is 11.1. The summed E-state index contributed by atoms with van der Waals surface area (Å²) in [5.41, 5.74) is 7.39. The molecular formula is C11H15N2O5P. The fourth-order valence-electron chi connectivity index (χ4n) is 1.65. The number of carbonyl (C=O) groups is 2. The van der Waals surface area contributed by atoms with Gasteiger partial charge in [-0.2, -0.15) is 0 Å². The van der Waals surface area contributed by atoms with Gasteiger partial charge in [-0.3, -0.25) is 14.2 Å². The van der Waals surface area contributed by atoms with Crippen molar-refractivity contribution in [3.63, 3.8) is 0 Å². The fourth-order valence-corrected chi connectivity index (χ4v) is 2.38. The lowest BCUT2D eigenvalue weighted by Gasteiger charge is -2.26. The van der Waals surface area contributed by atoms with Crippen molar-refractivity contribution >= 4 is 18.9 Å². The Labute approximate surface area is 109 Å². The molecule has 0 bridgehead atoms. The van der Waals surface area contributed by atoms with Crippen LogP contribution in [0.15, 0.2) is 30.3 Å². The molecule has 0 unspecified atom stereocenters. The molecule has 0 spiro atoms. The summed E-state index contributed by atoms with van der Waals surface area (Å²) in [6, 6.07) is 8.23. The van der Waals surface area contributed by atoms with Crippen LogP contribution in [0.25, 0.3) is 0 Å². The molecule has 0 amide bonds. The zero-order valence-corrected chi connectivity index (χ0v) is 10.9. The van der Waals surface area contributed by atoms with E-state index in [1.54, 1.807) is 30.3 Å². The average molecular weight is 286 g/mol. The number of carbonyl (C=O) groups excluding carboxylic acids is 2. The Morgan fingerprint density at radius 1 is 1.21 bits per heavy atom. The van der Waals surface area contributed by atoms with E-state index >= 15 is 0 Å². The number of nitrogens with two attached hydrogens (primary N) is 2. The summed E-state index contributed by atoms with van der Waals surface area (Å²) in [4.78, 5) is 41.3. The van der Waals surface area contributed by atoms with Gasteiger partial charge in [-0.15, -0.1) is 0 Å². The van der Waals surface area contributed by atoms with Crippen LogP contribution in [0.5, 0.6) is 0 Å². The summed E-state index contributed by atoms with van der Waals surface area (Å²) in [5, 5.41) is 0. The Hall–Kier alpha value is -1.37. The molecule has 1 rings (SSSR count). The van der Waals surface area contributed by atoms with Crippen LogP contribution in [0.3, 0.4) is 0 Å². The van der Waals surface area contributed by atoms with Gasteiger partial charge in [0.05, 0.1) is 6.54 Å². The predicted molar refractivity (Wildman–Crippen MR) is 68.2 cm³/mol. The van der Waals surface area contributed by atoms with E-state index in [2.05, 4.69) is 0 Å². The number of Topliss-reactive ketones (excluding diaryl/α,β-unsaturated/α-hetero) is 1. The summed E-state index contributed by atoms with van der Waals surface area (Å²) in [6.45, 7) is -0.574. The van der Waals surface area contributed by atoms with Gasteiger partial charge in [0.15, 0.2) is 11.3 Å². The van der Waals surface area contributed by atoms with Crippen molar-refractivity contribution < 1.29 is 23.9 Å². The van der Waals surface area contributed by atoms with E-state index < -0.39 is 31.0 Å². The minimum atomic E-state index is -5.12. The molecule has 0 aliphatic rings. The molecule has 19 heavy (non-hydrogen) atoms. The molecule has 0 saturated heterocycles. The Kier molecular flexibility index (Phi) is 4.73. The highest BCUT2D eigenvalue weighted by Gasteiger charge is 2.49. The summed E-state index contributed by atoms with van der Waals surface area (Å²) in [7, 11) is -5.12. The lowest BCUT2D eigenvalue weighted by molar-refractivity contribution is -0.130. The van der Waals surface area contributed by atoms with Crippen LogP contribution in [0, 0.1) is 0 Å². The molecule has 1 aromatic rings. The van der Waals surface area contributed by atoms with Crippen molar-refractivity contribution in [2.45, 2.75) is 12.0 Å². The molecule has 0 radical (unpaired) electrons. The molecule has 0 fully saturated rings. The number of hydrogen-bond donors (Lipinski definition) is 4. The normalized spacial score (nSPS) is 14.7. The van der Waals surface area contributed by atoms with Gasteiger partial charge in [-0.1, -0.05) is 30.3 Å². The van der Waals surface area contributed by atoms with E-state index in [1.807, 2.05) is 0 Å². The first-order valence-electron chi connectivity index (χ1n) is 5.38. The second kappa shape index (κ2) is 5.73. The highest BCUT2D eigenvalue weighted by Crippen LogP contribution is 2.40. The van der Waals surface area contributed by atoms with Crippen molar-refractivity contribution in [2.75, 3.05) is 6.54 Å². The second-order valence-electron chi connectivity index (χ2n) is 4.11. The van der Waals surface area contributed by atoms with Crippen LogP contribution in [0.2, 0.25) is 0 Å². The average Bonchev–Trinajstić information content (AvgIpc) is 2.36. The fraction of sp³-hybridized carbons (Fsp3) is 0.273. The highest BCUT2D eigenvalue weighted by molar-refractivity contribution is 7.70. The molecule has 0 aliphatic carbocycles. The molecule has 0 heterocycles. The third-order valence-electron chi connectivity index (χ3n) is 2.65. The van der Waals surface area contributed by atoms with Gasteiger partial charge in [-0.25, -0.2) is 0 Å². The SMILES string of the molecule is NCC(=O)[C@@](N)(Cc1ccccc1)C(=O)P(=O)(O)O. The molecule has 104 valence electrons. The van der Waals surface area contributed by atoms with Crippen LogP contribution in [-0.2, 0) is 20.6 Å². The van der Waals surface area contributed by atoms with Gasteiger partial charge in [0.1, 0.15) is 0 Å². The minimum Gasteiger partial charge on any atom is -0.324 e. The smallest absolute Gasteiger partial charge is 0.324 e. The lowest BCUT2D eigenvalue weighted by atomic mass is 9.88. The molecule has 6 N–H and O–H groups in total. The second-order valence-corrected chi connectivity index (χ2v) is 5.60. The van der Waals surface area contributed by atoms with Gasteiger partial charge in [0, 0.05) is 6.42 Å². The third-order valence-corrected chi connectivity index (χ3v) is 3.58. The largest absolute Gasteiger partial charge is 0.394 e. The van der Waals surface area contributed by atoms with E-state index in [4.69, 9.17) is 21.3 Å². The standard InChI is InChI=1S/C11H15N2O5P/c12-7-9(14)11(13,10(15)19(16,17)18)6-8-4-2-1-3-5-8/h1-5H,6-7,12-13H2,(H2,16,17,18)/t11-/m0/s1. The predicted octanol–water partition coefficient (Wildman–Crippen LogP) is -0.841. The molecule has 7 nitrogen and oxygen atoms in total. The first kappa shape index (κ1) is 15.7. The van der Waals surface area contributed by atoms with E-state index in [1.165, 1.54) is 0 Å². The Morgan fingerprint density at radius 2 is 1.74 bits per heavy atom. The third kappa shape index (κ3) is 3.56. The summed E-state index contributed by atoms with van der Waals surface area (Å²) >= 11 is 0. The van der Waals surface area contributed by atoms with Crippen LogP contribution < -0.4 is 11.5 Å². The zero-order valence-electron chi connectivity index (χ0n) is 10.0. The topological polar surface area (TPSA) is 144 Å². The maximum atomic E-state index is 11.7. The monoisotopic (exact) mass is 286 g/mol. The summed E-state index contributed by atoms with van der Waals surface area (Å²) in [6.07, 6.45) is -0.312. The minimum absolute atomic E-state index is 0.312. The van der Waals surface area contributed by atoms with Crippen molar-refractivity contribution in [3.05, 3.63) is 35.9 Å². The molecule has 1 atom stereocenters. The maximum Gasteiger partial charge on any atom is 0.394 e. The highest BCUT2D eigenvalue weighted by atomic mass is 31.2. The van der Waals surface area contributed by atoms with E-state index in [-0.39, 0.29) is 6.42 Å². The van der Waals surface area contributed by atoms with Gasteiger partial charge < -0.3 is 21.3 Å². The number of hydrogen-bond acceptors (Lipinski definition) is 5. The van der Waals surface area contributed by atoms with E-state index in [0.717, 1.165) is 0 Å². The summed E-state index contributed by atoms with van der Waals surface area (Å²) in [5.74, 6) is -0.912. The number of ketones is 1. The Bertz CT molecular complexity index is 527. The van der Waals surface area contributed by atoms with E-state index in [9.17, 15) is 14.2 Å². The van der Waals surface area contributed by atoms with Crippen molar-refractivity contribution in [1.29, 1.82) is 0 Å². The van der Waals surface area contributed by atoms with Crippen molar-refractivity contribution in [2.24, 2.45) is 11.5 Å². The quantitative estimate of drug-likeness (QED) is 0.394. The Balaban J connectivity index is 3.18. The maximum absolute atomic E-state index is 11.7.